The molecule has 1 aliphatic heterocycles. The van der Waals surface area contributed by atoms with Gasteiger partial charge in [0.2, 0.25) is 0 Å². The lowest BCUT2D eigenvalue weighted by Crippen LogP contribution is -2.44. The Balaban J connectivity index is 1.49. The van der Waals surface area contributed by atoms with Crippen LogP contribution in [0.1, 0.15) is 39.0 Å². The Morgan fingerprint density at radius 1 is 1.30 bits per heavy atom. The molecule has 0 aromatic heterocycles. The molecule has 0 bridgehead atoms. The number of aliphatic hydroxyl groups is 1. The fourth-order valence-corrected chi connectivity index (χ4v) is 3.72. The van der Waals surface area contributed by atoms with Gasteiger partial charge in [0.1, 0.15) is 12.4 Å². The van der Waals surface area contributed by atoms with Crippen LogP contribution in [0.3, 0.4) is 0 Å². The van der Waals surface area contributed by atoms with Gasteiger partial charge in [-0.3, -0.25) is 9.52 Å². The fraction of sp³-hybridized carbons (Fsp3) is 0.650. The third-order valence-electron chi connectivity index (χ3n) is 4.60. The third kappa shape index (κ3) is 8.97. The Hall–Kier alpha value is -1.28. The van der Waals surface area contributed by atoms with E-state index in [1.807, 2.05) is 35.2 Å². The first-order chi connectivity index (χ1) is 13.2. The second kappa shape index (κ2) is 13.0. The lowest BCUT2D eigenvalue weighted by molar-refractivity contribution is 0.0977. The van der Waals surface area contributed by atoms with E-state index >= 15 is 0 Å². The number of amides is 1. The van der Waals surface area contributed by atoms with Crippen LogP contribution in [0.25, 0.3) is 0 Å². The monoisotopic (exact) mass is 395 g/mol. The molecule has 7 heteroatoms. The van der Waals surface area contributed by atoms with Gasteiger partial charge in [-0.15, -0.1) is 0 Å². The van der Waals surface area contributed by atoms with Gasteiger partial charge in [0.25, 0.3) is 5.24 Å². The molecule has 1 aliphatic rings. The van der Waals surface area contributed by atoms with Crippen molar-refractivity contribution in [2.24, 2.45) is 0 Å². The molecule has 1 atom stereocenters. The fourth-order valence-electron chi connectivity index (χ4n) is 2.98. The number of hydrogen-bond acceptors (Lipinski definition) is 6. The molecule has 1 aromatic rings. The number of benzene rings is 1. The minimum atomic E-state index is -0.445. The molecule has 1 aromatic carbocycles. The van der Waals surface area contributed by atoms with E-state index in [9.17, 15) is 9.90 Å². The molecule has 152 valence electrons. The summed E-state index contributed by atoms with van der Waals surface area (Å²) in [4.78, 5) is 14.0. The summed E-state index contributed by atoms with van der Waals surface area (Å²) in [6, 6.07) is 10.0. The highest BCUT2D eigenvalue weighted by Crippen LogP contribution is 2.15. The maximum Gasteiger partial charge on any atom is 0.296 e. The number of carbonyl (C=O) groups is 1. The second-order valence-electron chi connectivity index (χ2n) is 6.90. The first-order valence-corrected chi connectivity index (χ1v) is 10.8. The van der Waals surface area contributed by atoms with Crippen LogP contribution in [0, 0.1) is 0 Å². The third-order valence-corrected chi connectivity index (χ3v) is 5.38. The summed E-state index contributed by atoms with van der Waals surface area (Å²) < 4.78 is 8.66. The summed E-state index contributed by atoms with van der Waals surface area (Å²) in [5.74, 6) is 0.791. The van der Waals surface area contributed by atoms with Crippen molar-refractivity contribution in [1.29, 1.82) is 0 Å². The first kappa shape index (κ1) is 22.0. The van der Waals surface area contributed by atoms with Crippen molar-refractivity contribution in [1.82, 2.24) is 14.9 Å². The van der Waals surface area contributed by atoms with Crippen molar-refractivity contribution in [2.75, 3.05) is 32.8 Å². The Kier molecular flexibility index (Phi) is 10.6. The SMILES string of the molecule is CCCNSC(=O)N1CCC(NCCCC(O)COc2ccccc2)CC1. The highest BCUT2D eigenvalue weighted by atomic mass is 32.2. The summed E-state index contributed by atoms with van der Waals surface area (Å²) in [6.45, 7) is 5.78. The average molecular weight is 396 g/mol. The van der Waals surface area contributed by atoms with Crippen LogP contribution in [0.5, 0.6) is 5.75 Å². The zero-order valence-corrected chi connectivity index (χ0v) is 17.0. The number of carbonyl (C=O) groups excluding carboxylic acids is 1. The Labute approximate surface area is 167 Å². The van der Waals surface area contributed by atoms with E-state index in [1.165, 1.54) is 11.9 Å². The number of hydrogen-bond donors (Lipinski definition) is 3. The van der Waals surface area contributed by atoms with E-state index in [4.69, 9.17) is 4.74 Å². The molecular formula is C20H33N3O3S. The number of piperidine rings is 1. The Bertz CT molecular complexity index is 524. The van der Waals surface area contributed by atoms with E-state index in [-0.39, 0.29) is 5.24 Å². The van der Waals surface area contributed by atoms with Crippen molar-refractivity contribution in [3.05, 3.63) is 30.3 Å². The number of rotatable bonds is 11. The average Bonchev–Trinajstić information content (AvgIpc) is 2.71. The quantitative estimate of drug-likeness (QED) is 0.395. The molecule has 1 fully saturated rings. The van der Waals surface area contributed by atoms with Gasteiger partial charge >= 0.3 is 0 Å². The molecule has 1 amide bonds. The zero-order chi connectivity index (χ0) is 19.3. The lowest BCUT2D eigenvalue weighted by atomic mass is 10.1. The highest BCUT2D eigenvalue weighted by molar-refractivity contribution is 8.11. The van der Waals surface area contributed by atoms with Gasteiger partial charge in [0, 0.05) is 37.6 Å². The predicted octanol–water partition coefficient (Wildman–Crippen LogP) is 3.03. The molecule has 3 N–H and O–H groups in total. The number of nitrogens with zero attached hydrogens (tertiary/aromatic N) is 1. The van der Waals surface area contributed by atoms with Crippen molar-refractivity contribution in [3.8, 4) is 5.75 Å². The molecule has 1 saturated heterocycles. The van der Waals surface area contributed by atoms with Crippen LogP contribution in [0.2, 0.25) is 0 Å². The molecule has 1 unspecified atom stereocenters. The summed E-state index contributed by atoms with van der Waals surface area (Å²) >= 11 is 1.21. The number of likely N-dealkylation sites (tertiary alicyclic amines) is 1. The normalized spacial score (nSPS) is 16.3. The molecular weight excluding hydrogens is 362 g/mol. The number of aliphatic hydroxyl groups excluding tert-OH is 1. The Morgan fingerprint density at radius 2 is 2.04 bits per heavy atom. The molecule has 1 heterocycles. The minimum Gasteiger partial charge on any atom is -0.491 e. The maximum absolute atomic E-state index is 12.0. The molecule has 27 heavy (non-hydrogen) atoms. The molecule has 0 radical (unpaired) electrons. The van der Waals surface area contributed by atoms with E-state index in [0.29, 0.717) is 12.6 Å². The highest BCUT2D eigenvalue weighted by Gasteiger charge is 2.22. The summed E-state index contributed by atoms with van der Waals surface area (Å²) in [7, 11) is 0. The number of para-hydroxylation sites is 1. The van der Waals surface area contributed by atoms with Gasteiger partial charge in [0.05, 0.1) is 6.10 Å². The smallest absolute Gasteiger partial charge is 0.296 e. The molecule has 2 rings (SSSR count). The van der Waals surface area contributed by atoms with Crippen LogP contribution in [0.4, 0.5) is 4.79 Å². The van der Waals surface area contributed by atoms with Gasteiger partial charge in [-0.1, -0.05) is 25.1 Å². The number of nitrogens with one attached hydrogen (secondary N) is 2. The first-order valence-electron chi connectivity index (χ1n) is 9.97. The van der Waals surface area contributed by atoms with Crippen LogP contribution in [-0.2, 0) is 0 Å². The summed E-state index contributed by atoms with van der Waals surface area (Å²) in [5, 5.41) is 13.7. The van der Waals surface area contributed by atoms with Crippen LogP contribution in [0.15, 0.2) is 30.3 Å². The van der Waals surface area contributed by atoms with Crippen LogP contribution in [-0.4, -0.2) is 60.2 Å². The largest absolute Gasteiger partial charge is 0.491 e. The topological polar surface area (TPSA) is 73.8 Å². The van der Waals surface area contributed by atoms with Crippen molar-refractivity contribution in [3.63, 3.8) is 0 Å². The minimum absolute atomic E-state index is 0.128. The molecule has 6 nitrogen and oxygen atoms in total. The molecule has 0 saturated carbocycles. The van der Waals surface area contributed by atoms with Gasteiger partial charge in [-0.25, -0.2) is 0 Å². The predicted molar refractivity (Wildman–Crippen MR) is 111 cm³/mol. The van der Waals surface area contributed by atoms with Gasteiger partial charge in [0.15, 0.2) is 0 Å². The van der Waals surface area contributed by atoms with Gasteiger partial charge in [-0.2, -0.15) is 0 Å². The lowest BCUT2D eigenvalue weighted by Gasteiger charge is -2.32. The van der Waals surface area contributed by atoms with Crippen LogP contribution < -0.4 is 14.8 Å². The number of ether oxygens (including phenoxy) is 1. The summed E-state index contributed by atoms with van der Waals surface area (Å²) in [6.07, 6.45) is 4.18. The van der Waals surface area contributed by atoms with Crippen LogP contribution >= 0.6 is 11.9 Å². The standard InChI is InChI=1S/C20H33N3O3S/c1-2-12-22-27-20(25)23-14-10-17(11-15-23)21-13-6-7-18(24)16-26-19-8-4-3-5-9-19/h3-5,8-9,17-18,21-22,24H,2,6-7,10-16H2,1H3. The van der Waals surface area contributed by atoms with E-state index < -0.39 is 6.10 Å². The van der Waals surface area contributed by atoms with E-state index in [1.54, 1.807) is 0 Å². The second-order valence-corrected chi connectivity index (χ2v) is 7.74. The summed E-state index contributed by atoms with van der Waals surface area (Å²) in [5.41, 5.74) is 0. The maximum atomic E-state index is 12.0. The van der Waals surface area contributed by atoms with Gasteiger partial charge in [-0.05, 0) is 50.8 Å². The zero-order valence-electron chi connectivity index (χ0n) is 16.2. The van der Waals surface area contributed by atoms with Gasteiger partial charge < -0.3 is 20.1 Å². The van der Waals surface area contributed by atoms with Crippen molar-refractivity contribution < 1.29 is 14.6 Å². The Morgan fingerprint density at radius 3 is 2.74 bits per heavy atom. The molecule has 0 spiro atoms. The van der Waals surface area contributed by atoms with E-state index in [0.717, 1.165) is 64.0 Å². The van der Waals surface area contributed by atoms with E-state index in [2.05, 4.69) is 17.0 Å². The molecule has 0 aliphatic carbocycles. The van der Waals surface area contributed by atoms with Crippen molar-refractivity contribution in [2.45, 2.75) is 51.2 Å². The van der Waals surface area contributed by atoms with Crippen molar-refractivity contribution >= 4 is 17.2 Å².